The van der Waals surface area contributed by atoms with Gasteiger partial charge in [0.25, 0.3) is 5.91 Å². The largest absolute Gasteiger partial charge is 0.336 e. The van der Waals surface area contributed by atoms with Crippen molar-refractivity contribution in [1.29, 1.82) is 0 Å². The maximum absolute atomic E-state index is 13.0. The molecule has 1 heterocycles. The number of aryl methyl sites for hydroxylation is 2. The summed E-state index contributed by atoms with van der Waals surface area (Å²) in [6.07, 6.45) is 3.09. The molecular weight excluding hydrogens is 348 g/mol. The lowest BCUT2D eigenvalue weighted by Gasteiger charge is -2.34. The minimum absolute atomic E-state index is 0.0415. The fraction of sp³-hybridized carbons (Fsp3) is 0.350. The van der Waals surface area contributed by atoms with Crippen LogP contribution in [0.3, 0.4) is 0 Å². The van der Waals surface area contributed by atoms with Gasteiger partial charge in [0, 0.05) is 31.7 Å². The highest BCUT2D eigenvalue weighted by Gasteiger charge is 2.31. The Morgan fingerprint density at radius 2 is 1.54 bits per heavy atom. The lowest BCUT2D eigenvalue weighted by Crippen LogP contribution is -2.50. The molecule has 1 saturated heterocycles. The number of carbonyl (C=O) groups excluding carboxylic acids is 1. The number of benzene rings is 2. The van der Waals surface area contributed by atoms with Crippen molar-refractivity contribution in [2.45, 2.75) is 24.2 Å². The second-order valence-corrected chi connectivity index (χ2v) is 8.78. The van der Waals surface area contributed by atoms with Gasteiger partial charge in [-0.15, -0.1) is 0 Å². The van der Waals surface area contributed by atoms with Gasteiger partial charge in [0.15, 0.2) is 0 Å². The standard InChI is InChI=1S/C20H22N2O3S/c23-20(17-5-2-1-3-6-17)21-11-13-22(14-12-21)26(24,25)19-10-9-16-7-4-8-18(16)15-19/h1-3,5-6,9-10,15H,4,7-8,11-14H2. The molecule has 136 valence electrons. The maximum atomic E-state index is 13.0. The normalized spacial score (nSPS) is 17.9. The number of rotatable bonds is 3. The van der Waals surface area contributed by atoms with E-state index in [4.69, 9.17) is 0 Å². The van der Waals surface area contributed by atoms with E-state index in [1.807, 2.05) is 30.3 Å². The molecule has 1 amide bonds. The number of carbonyl (C=O) groups is 1. The van der Waals surface area contributed by atoms with E-state index in [1.54, 1.807) is 23.1 Å². The van der Waals surface area contributed by atoms with Crippen LogP contribution in [0.2, 0.25) is 0 Å². The molecule has 2 aromatic carbocycles. The Morgan fingerprint density at radius 3 is 2.27 bits per heavy atom. The summed E-state index contributed by atoms with van der Waals surface area (Å²) >= 11 is 0. The number of hydrogen-bond acceptors (Lipinski definition) is 3. The molecule has 4 rings (SSSR count). The van der Waals surface area contributed by atoms with Crippen molar-refractivity contribution in [2.75, 3.05) is 26.2 Å². The Labute approximate surface area is 154 Å². The van der Waals surface area contributed by atoms with Crippen LogP contribution in [0.5, 0.6) is 0 Å². The van der Waals surface area contributed by atoms with Crippen LogP contribution < -0.4 is 0 Å². The summed E-state index contributed by atoms with van der Waals surface area (Å²) in [5, 5.41) is 0. The molecule has 0 unspecified atom stereocenters. The SMILES string of the molecule is O=C(c1ccccc1)N1CCN(S(=O)(=O)c2ccc3c(c2)CCC3)CC1. The van der Waals surface area contributed by atoms with Crippen molar-refractivity contribution in [1.82, 2.24) is 9.21 Å². The Kier molecular flexibility index (Phi) is 4.54. The molecule has 0 atom stereocenters. The van der Waals surface area contributed by atoms with Gasteiger partial charge in [-0.1, -0.05) is 24.3 Å². The summed E-state index contributed by atoms with van der Waals surface area (Å²) in [5.41, 5.74) is 3.06. The summed E-state index contributed by atoms with van der Waals surface area (Å²) < 4.78 is 27.4. The zero-order valence-corrected chi connectivity index (χ0v) is 15.4. The molecule has 2 aromatic rings. The van der Waals surface area contributed by atoms with Crippen molar-refractivity contribution >= 4 is 15.9 Å². The lowest BCUT2D eigenvalue weighted by molar-refractivity contribution is 0.0698. The predicted octanol–water partition coefficient (Wildman–Crippen LogP) is 2.32. The zero-order chi connectivity index (χ0) is 18.1. The Balaban J connectivity index is 1.46. The van der Waals surface area contributed by atoms with Crippen LogP contribution in [0.1, 0.15) is 27.9 Å². The van der Waals surface area contributed by atoms with E-state index in [-0.39, 0.29) is 5.91 Å². The van der Waals surface area contributed by atoms with Crippen LogP contribution in [0, 0.1) is 0 Å². The van der Waals surface area contributed by atoms with Crippen LogP contribution >= 0.6 is 0 Å². The molecule has 26 heavy (non-hydrogen) atoms. The quantitative estimate of drug-likeness (QED) is 0.833. The van der Waals surface area contributed by atoms with Crippen molar-refractivity contribution in [3.8, 4) is 0 Å². The number of piperazine rings is 1. The molecule has 0 radical (unpaired) electrons. The lowest BCUT2D eigenvalue weighted by atomic mass is 10.1. The molecule has 1 aliphatic heterocycles. The molecule has 6 heteroatoms. The van der Waals surface area contributed by atoms with Crippen molar-refractivity contribution in [3.05, 3.63) is 65.2 Å². The van der Waals surface area contributed by atoms with Crippen molar-refractivity contribution < 1.29 is 13.2 Å². The smallest absolute Gasteiger partial charge is 0.253 e. The molecule has 0 bridgehead atoms. The van der Waals surface area contributed by atoms with Crippen LogP contribution in [-0.4, -0.2) is 49.7 Å². The highest BCUT2D eigenvalue weighted by atomic mass is 32.2. The van der Waals surface area contributed by atoms with E-state index in [1.165, 1.54) is 9.87 Å². The van der Waals surface area contributed by atoms with Crippen LogP contribution in [0.25, 0.3) is 0 Å². The first-order valence-corrected chi connectivity index (χ1v) is 10.5. The summed E-state index contributed by atoms with van der Waals surface area (Å²) in [7, 11) is -3.50. The predicted molar refractivity (Wildman–Crippen MR) is 99.6 cm³/mol. The minimum Gasteiger partial charge on any atom is -0.336 e. The van der Waals surface area contributed by atoms with Gasteiger partial charge in [0.05, 0.1) is 4.90 Å². The first-order valence-electron chi connectivity index (χ1n) is 9.02. The van der Waals surface area contributed by atoms with Gasteiger partial charge >= 0.3 is 0 Å². The zero-order valence-electron chi connectivity index (χ0n) is 14.6. The molecule has 0 aromatic heterocycles. The van der Waals surface area contributed by atoms with E-state index >= 15 is 0 Å². The van der Waals surface area contributed by atoms with Gasteiger partial charge in [-0.25, -0.2) is 8.42 Å². The van der Waals surface area contributed by atoms with Gasteiger partial charge in [-0.2, -0.15) is 4.31 Å². The van der Waals surface area contributed by atoms with Crippen molar-refractivity contribution in [3.63, 3.8) is 0 Å². The monoisotopic (exact) mass is 370 g/mol. The van der Waals surface area contributed by atoms with Crippen LogP contribution in [0.4, 0.5) is 0 Å². The molecule has 5 nitrogen and oxygen atoms in total. The molecule has 0 spiro atoms. The molecule has 2 aliphatic rings. The van der Waals surface area contributed by atoms with Gasteiger partial charge in [0.2, 0.25) is 10.0 Å². The number of fused-ring (bicyclic) bond motifs is 1. The van der Waals surface area contributed by atoms with Gasteiger partial charge < -0.3 is 4.90 Å². The summed E-state index contributed by atoms with van der Waals surface area (Å²) in [6.45, 7) is 1.49. The minimum atomic E-state index is -3.50. The third kappa shape index (κ3) is 3.15. The number of amides is 1. The second-order valence-electron chi connectivity index (χ2n) is 6.85. The Hall–Kier alpha value is -2.18. The fourth-order valence-electron chi connectivity index (χ4n) is 3.75. The third-order valence-electron chi connectivity index (χ3n) is 5.25. The van der Waals surface area contributed by atoms with Gasteiger partial charge in [-0.05, 0) is 54.7 Å². The van der Waals surface area contributed by atoms with E-state index in [0.29, 0.717) is 36.6 Å². The average molecular weight is 370 g/mol. The van der Waals surface area contributed by atoms with Gasteiger partial charge in [0.1, 0.15) is 0 Å². The topological polar surface area (TPSA) is 57.7 Å². The first kappa shape index (κ1) is 17.2. The molecule has 0 saturated carbocycles. The van der Waals surface area contributed by atoms with E-state index in [0.717, 1.165) is 24.8 Å². The first-order chi connectivity index (χ1) is 12.6. The van der Waals surface area contributed by atoms with E-state index < -0.39 is 10.0 Å². The maximum Gasteiger partial charge on any atom is 0.253 e. The van der Waals surface area contributed by atoms with Crippen LogP contribution in [0.15, 0.2) is 53.4 Å². The van der Waals surface area contributed by atoms with Crippen LogP contribution in [-0.2, 0) is 22.9 Å². The van der Waals surface area contributed by atoms with E-state index in [9.17, 15) is 13.2 Å². The third-order valence-corrected chi connectivity index (χ3v) is 7.15. The average Bonchev–Trinajstić information content (AvgIpc) is 3.16. The molecule has 0 N–H and O–H groups in total. The highest BCUT2D eigenvalue weighted by Crippen LogP contribution is 2.26. The number of sulfonamides is 1. The molecule has 1 aliphatic carbocycles. The number of hydrogen-bond donors (Lipinski definition) is 0. The summed E-state index contributed by atoms with van der Waals surface area (Å²) in [6, 6.07) is 14.6. The summed E-state index contributed by atoms with van der Waals surface area (Å²) in [4.78, 5) is 14.6. The Bertz CT molecular complexity index is 917. The Morgan fingerprint density at radius 1 is 0.846 bits per heavy atom. The highest BCUT2D eigenvalue weighted by molar-refractivity contribution is 7.89. The molecular formula is C20H22N2O3S. The van der Waals surface area contributed by atoms with Crippen molar-refractivity contribution in [2.24, 2.45) is 0 Å². The number of nitrogens with zero attached hydrogens (tertiary/aromatic N) is 2. The fourth-order valence-corrected chi connectivity index (χ4v) is 5.23. The molecule has 1 fully saturated rings. The summed E-state index contributed by atoms with van der Waals surface area (Å²) in [5.74, 6) is -0.0415. The van der Waals surface area contributed by atoms with E-state index in [2.05, 4.69) is 0 Å². The second kappa shape index (κ2) is 6.85. The van der Waals surface area contributed by atoms with Gasteiger partial charge in [-0.3, -0.25) is 4.79 Å².